The van der Waals surface area contributed by atoms with E-state index in [9.17, 15) is 9.59 Å². The van der Waals surface area contributed by atoms with Crippen molar-refractivity contribution in [2.24, 2.45) is 0 Å². The van der Waals surface area contributed by atoms with Gasteiger partial charge in [-0.15, -0.1) is 0 Å². The van der Waals surface area contributed by atoms with Crippen molar-refractivity contribution in [2.75, 3.05) is 6.61 Å². The molecule has 0 fully saturated rings. The van der Waals surface area contributed by atoms with Crippen molar-refractivity contribution in [3.05, 3.63) is 41.5 Å². The lowest BCUT2D eigenvalue weighted by molar-refractivity contribution is -0.137. The highest BCUT2D eigenvalue weighted by Crippen LogP contribution is 2.08. The third-order valence-electron chi connectivity index (χ3n) is 2.10. The van der Waals surface area contributed by atoms with Crippen LogP contribution in [-0.4, -0.2) is 18.4 Å². The van der Waals surface area contributed by atoms with Gasteiger partial charge in [0.15, 0.2) is 0 Å². The van der Waals surface area contributed by atoms with Crippen LogP contribution in [0, 0.1) is 0 Å². The molecule has 0 saturated carbocycles. The first kappa shape index (κ1) is 13.2. The maximum atomic E-state index is 11.1. The molecule has 0 unspecified atom stereocenters. The van der Waals surface area contributed by atoms with Crippen LogP contribution in [0.25, 0.3) is 6.08 Å². The predicted molar refractivity (Wildman–Crippen MR) is 66.5 cm³/mol. The molecule has 0 bridgehead atoms. The van der Waals surface area contributed by atoms with E-state index in [4.69, 9.17) is 4.74 Å². The lowest BCUT2D eigenvalue weighted by Crippen LogP contribution is -1.99. The van der Waals surface area contributed by atoms with E-state index in [1.807, 2.05) is 24.3 Å². The van der Waals surface area contributed by atoms with Crippen LogP contribution in [0.1, 0.15) is 25.0 Å². The van der Waals surface area contributed by atoms with Crippen molar-refractivity contribution in [3.8, 4) is 0 Å². The summed E-state index contributed by atoms with van der Waals surface area (Å²) in [6, 6.07) is 7.52. The van der Waals surface area contributed by atoms with Gasteiger partial charge < -0.3 is 4.74 Å². The van der Waals surface area contributed by atoms with Crippen LogP contribution in [0.4, 0.5) is 0 Å². The number of benzene rings is 1. The molecule has 0 N–H and O–H groups in total. The monoisotopic (exact) mass is 232 g/mol. The second-order valence-electron chi connectivity index (χ2n) is 3.71. The first-order valence-corrected chi connectivity index (χ1v) is 5.55. The molecule has 0 heterocycles. The van der Waals surface area contributed by atoms with Crippen molar-refractivity contribution < 1.29 is 14.3 Å². The van der Waals surface area contributed by atoms with Gasteiger partial charge in [0.25, 0.3) is 0 Å². The molecule has 0 aliphatic carbocycles. The second-order valence-corrected chi connectivity index (χ2v) is 3.71. The van der Waals surface area contributed by atoms with Crippen molar-refractivity contribution in [3.63, 3.8) is 0 Å². The Balaban J connectivity index is 2.71. The summed E-state index contributed by atoms with van der Waals surface area (Å²) in [5.41, 5.74) is 1.83. The van der Waals surface area contributed by atoms with E-state index in [1.54, 1.807) is 19.9 Å². The molecule has 0 radical (unpaired) electrons. The maximum absolute atomic E-state index is 11.1. The lowest BCUT2D eigenvalue weighted by Gasteiger charge is -2.00. The maximum Gasteiger partial charge on any atom is 0.330 e. The average molecular weight is 232 g/mol. The minimum atomic E-state index is -0.357. The molecule has 0 aliphatic heterocycles. The molecule has 1 aromatic carbocycles. The Kier molecular flexibility index (Phi) is 5.14. The summed E-state index contributed by atoms with van der Waals surface area (Å²) in [4.78, 5) is 22.1. The quantitative estimate of drug-likeness (QED) is 0.578. The number of rotatable bonds is 5. The molecule has 0 saturated heterocycles. The van der Waals surface area contributed by atoms with Gasteiger partial charge in [-0.05, 0) is 31.1 Å². The van der Waals surface area contributed by atoms with E-state index in [0.29, 0.717) is 13.0 Å². The van der Waals surface area contributed by atoms with Crippen LogP contribution in [0.2, 0.25) is 0 Å². The van der Waals surface area contributed by atoms with Crippen LogP contribution < -0.4 is 0 Å². The van der Waals surface area contributed by atoms with Gasteiger partial charge in [0.05, 0.1) is 6.61 Å². The third-order valence-corrected chi connectivity index (χ3v) is 2.10. The van der Waals surface area contributed by atoms with E-state index < -0.39 is 0 Å². The lowest BCUT2D eigenvalue weighted by atomic mass is 10.1. The first-order valence-electron chi connectivity index (χ1n) is 5.55. The number of hydrogen-bond donors (Lipinski definition) is 0. The Morgan fingerprint density at radius 3 is 2.76 bits per heavy atom. The zero-order valence-electron chi connectivity index (χ0n) is 10.1. The molecule has 0 aromatic heterocycles. The Morgan fingerprint density at radius 2 is 2.12 bits per heavy atom. The minimum absolute atomic E-state index is 0.122. The average Bonchev–Trinajstić information content (AvgIpc) is 2.26. The molecule has 1 rings (SSSR count). The van der Waals surface area contributed by atoms with Gasteiger partial charge in [0.1, 0.15) is 5.78 Å². The molecule has 0 amide bonds. The molecular weight excluding hydrogens is 216 g/mol. The predicted octanol–water partition coefficient (Wildman–Crippen LogP) is 2.39. The summed E-state index contributed by atoms with van der Waals surface area (Å²) < 4.78 is 4.78. The fourth-order valence-electron chi connectivity index (χ4n) is 1.45. The van der Waals surface area contributed by atoms with Crippen molar-refractivity contribution >= 4 is 17.8 Å². The van der Waals surface area contributed by atoms with Crippen LogP contribution in [0.3, 0.4) is 0 Å². The molecule has 1 aromatic rings. The SMILES string of the molecule is CCOC(=O)C=Cc1cccc(CC(C)=O)c1. The van der Waals surface area contributed by atoms with Gasteiger partial charge in [0.2, 0.25) is 0 Å². The number of hydrogen-bond acceptors (Lipinski definition) is 3. The van der Waals surface area contributed by atoms with E-state index in [1.165, 1.54) is 6.08 Å². The van der Waals surface area contributed by atoms with Gasteiger partial charge in [-0.3, -0.25) is 4.79 Å². The molecule has 3 heteroatoms. The zero-order valence-corrected chi connectivity index (χ0v) is 10.1. The highest BCUT2D eigenvalue weighted by Gasteiger charge is 1.98. The highest BCUT2D eigenvalue weighted by atomic mass is 16.5. The summed E-state index contributed by atoms with van der Waals surface area (Å²) >= 11 is 0. The van der Waals surface area contributed by atoms with Crippen molar-refractivity contribution in [1.82, 2.24) is 0 Å². The van der Waals surface area contributed by atoms with Gasteiger partial charge >= 0.3 is 5.97 Å². The molecule has 0 atom stereocenters. The number of carbonyl (C=O) groups is 2. The van der Waals surface area contributed by atoms with Crippen molar-refractivity contribution in [2.45, 2.75) is 20.3 Å². The number of ether oxygens (including phenoxy) is 1. The molecule has 90 valence electrons. The highest BCUT2D eigenvalue weighted by molar-refractivity contribution is 5.87. The van der Waals surface area contributed by atoms with E-state index in [2.05, 4.69) is 0 Å². The summed E-state index contributed by atoms with van der Waals surface area (Å²) in [7, 11) is 0. The summed E-state index contributed by atoms with van der Waals surface area (Å²) in [5.74, 6) is -0.235. The summed E-state index contributed by atoms with van der Waals surface area (Å²) in [6.45, 7) is 3.69. The fourth-order valence-corrected chi connectivity index (χ4v) is 1.45. The van der Waals surface area contributed by atoms with E-state index in [-0.39, 0.29) is 11.8 Å². The van der Waals surface area contributed by atoms with Gasteiger partial charge in [-0.1, -0.05) is 24.3 Å². The molecule has 3 nitrogen and oxygen atoms in total. The number of Topliss-reactive ketones (excluding diaryl/α,β-unsaturated/α-hetero) is 1. The largest absolute Gasteiger partial charge is 0.463 e. The van der Waals surface area contributed by atoms with Crippen LogP contribution in [0.5, 0.6) is 0 Å². The second kappa shape index (κ2) is 6.63. The zero-order chi connectivity index (χ0) is 12.7. The molecule has 0 spiro atoms. The fraction of sp³-hybridized carbons (Fsp3) is 0.286. The molecule has 0 aliphatic rings. The Bertz CT molecular complexity index is 433. The molecule has 17 heavy (non-hydrogen) atoms. The van der Waals surface area contributed by atoms with E-state index in [0.717, 1.165) is 11.1 Å². The molecular formula is C14H16O3. The smallest absolute Gasteiger partial charge is 0.330 e. The van der Waals surface area contributed by atoms with Crippen LogP contribution >= 0.6 is 0 Å². The number of ketones is 1. The van der Waals surface area contributed by atoms with Gasteiger partial charge in [-0.2, -0.15) is 0 Å². The Labute approximate surface area is 101 Å². The standard InChI is InChI=1S/C14H16O3/c1-3-17-14(16)8-7-12-5-4-6-13(10-12)9-11(2)15/h4-8,10H,3,9H2,1-2H3. The number of carbonyl (C=O) groups excluding carboxylic acids is 2. The Hall–Kier alpha value is -1.90. The summed E-state index contributed by atoms with van der Waals surface area (Å²) in [6.07, 6.45) is 3.49. The summed E-state index contributed by atoms with van der Waals surface area (Å²) in [5, 5.41) is 0. The van der Waals surface area contributed by atoms with Gasteiger partial charge in [-0.25, -0.2) is 4.79 Å². The van der Waals surface area contributed by atoms with Crippen LogP contribution in [0.15, 0.2) is 30.3 Å². The van der Waals surface area contributed by atoms with Crippen LogP contribution in [-0.2, 0) is 20.7 Å². The Morgan fingerprint density at radius 1 is 1.35 bits per heavy atom. The number of esters is 1. The van der Waals surface area contributed by atoms with E-state index >= 15 is 0 Å². The van der Waals surface area contributed by atoms with Crippen molar-refractivity contribution in [1.29, 1.82) is 0 Å². The normalized spacial score (nSPS) is 10.5. The van der Waals surface area contributed by atoms with Gasteiger partial charge in [0, 0.05) is 12.5 Å². The third kappa shape index (κ3) is 5.11. The topological polar surface area (TPSA) is 43.4 Å². The minimum Gasteiger partial charge on any atom is -0.463 e. The first-order chi connectivity index (χ1) is 8.11.